The van der Waals surface area contributed by atoms with Crippen molar-refractivity contribution in [2.24, 2.45) is 0 Å². The van der Waals surface area contributed by atoms with Gasteiger partial charge in [-0.25, -0.2) is 4.98 Å². The number of alkyl halides is 3. The molecule has 2 rings (SSSR count). The highest BCUT2D eigenvalue weighted by molar-refractivity contribution is 5.38. The summed E-state index contributed by atoms with van der Waals surface area (Å²) in [6.07, 6.45) is 0.378. The number of halogens is 3. The van der Waals surface area contributed by atoms with E-state index in [0.29, 0.717) is 12.1 Å². The molecule has 0 saturated heterocycles. The minimum Gasteiger partial charge on any atom is -0.406 e. The first-order chi connectivity index (χ1) is 9.03. The van der Waals surface area contributed by atoms with Crippen molar-refractivity contribution in [1.29, 1.82) is 0 Å². The Morgan fingerprint density at radius 3 is 2.53 bits per heavy atom. The molecule has 0 bridgehead atoms. The summed E-state index contributed by atoms with van der Waals surface area (Å²) in [5.74, 6) is 5.46. The number of rotatable bonds is 2. The van der Waals surface area contributed by atoms with E-state index in [1.54, 1.807) is 23.3 Å². The molecule has 98 valence electrons. The third kappa shape index (κ3) is 4.39. The molecule has 1 aromatic carbocycles. The van der Waals surface area contributed by atoms with E-state index >= 15 is 0 Å². The molecule has 0 unspecified atom stereocenters. The average Bonchev–Trinajstić information content (AvgIpc) is 2.82. The van der Waals surface area contributed by atoms with Gasteiger partial charge in [0.2, 0.25) is 0 Å². The van der Waals surface area contributed by atoms with Crippen molar-refractivity contribution >= 4 is 0 Å². The van der Waals surface area contributed by atoms with E-state index in [4.69, 9.17) is 0 Å². The largest absolute Gasteiger partial charge is 0.573 e. The van der Waals surface area contributed by atoms with E-state index in [1.165, 1.54) is 24.3 Å². The van der Waals surface area contributed by atoms with Crippen LogP contribution in [0.2, 0.25) is 0 Å². The molecule has 0 spiro atoms. The van der Waals surface area contributed by atoms with Gasteiger partial charge in [-0.15, -0.1) is 13.2 Å². The van der Waals surface area contributed by atoms with Crippen molar-refractivity contribution in [3.8, 4) is 17.6 Å². The molecule has 0 saturated carbocycles. The van der Waals surface area contributed by atoms with Gasteiger partial charge in [-0.05, 0) is 24.3 Å². The fourth-order valence-electron chi connectivity index (χ4n) is 1.35. The highest BCUT2D eigenvalue weighted by Gasteiger charge is 2.30. The molecule has 0 amide bonds. The lowest BCUT2D eigenvalue weighted by Gasteiger charge is -2.07. The smallest absolute Gasteiger partial charge is 0.406 e. The summed E-state index contributed by atoms with van der Waals surface area (Å²) in [6.45, 7) is 0.473. The van der Waals surface area contributed by atoms with E-state index < -0.39 is 6.36 Å². The van der Waals surface area contributed by atoms with Gasteiger partial charge < -0.3 is 9.30 Å². The first-order valence-electron chi connectivity index (χ1n) is 5.33. The van der Waals surface area contributed by atoms with Crippen LogP contribution in [0.15, 0.2) is 43.0 Å². The fraction of sp³-hybridized carbons (Fsp3) is 0.154. The number of nitrogens with zero attached hydrogens (tertiary/aromatic N) is 2. The molecule has 1 aromatic heterocycles. The number of imidazole rings is 1. The molecule has 2 aromatic rings. The molecule has 0 aliphatic rings. The Morgan fingerprint density at radius 2 is 1.95 bits per heavy atom. The van der Waals surface area contributed by atoms with Crippen LogP contribution in [0.1, 0.15) is 5.56 Å². The molecule has 1 heterocycles. The maximum Gasteiger partial charge on any atom is 0.573 e. The fourth-order valence-corrected chi connectivity index (χ4v) is 1.35. The minimum atomic E-state index is -4.67. The van der Waals surface area contributed by atoms with Crippen molar-refractivity contribution in [3.63, 3.8) is 0 Å². The van der Waals surface area contributed by atoms with E-state index in [1.807, 2.05) is 0 Å². The van der Waals surface area contributed by atoms with E-state index in [2.05, 4.69) is 21.6 Å². The quantitative estimate of drug-likeness (QED) is 0.781. The molecule has 0 radical (unpaired) electrons. The zero-order valence-corrected chi connectivity index (χ0v) is 9.69. The van der Waals surface area contributed by atoms with Crippen LogP contribution in [0, 0.1) is 11.8 Å². The lowest BCUT2D eigenvalue weighted by molar-refractivity contribution is -0.274. The molecule has 0 N–H and O–H groups in total. The monoisotopic (exact) mass is 266 g/mol. The molecule has 0 aliphatic heterocycles. The van der Waals surface area contributed by atoms with Crippen molar-refractivity contribution in [3.05, 3.63) is 48.5 Å². The Labute approximate surface area is 107 Å². The van der Waals surface area contributed by atoms with Crippen LogP contribution in [0.25, 0.3) is 0 Å². The van der Waals surface area contributed by atoms with Crippen LogP contribution in [-0.2, 0) is 6.54 Å². The van der Waals surface area contributed by atoms with Crippen molar-refractivity contribution < 1.29 is 17.9 Å². The van der Waals surface area contributed by atoms with Crippen LogP contribution in [0.5, 0.6) is 5.75 Å². The van der Waals surface area contributed by atoms with Gasteiger partial charge >= 0.3 is 6.36 Å². The Kier molecular flexibility index (Phi) is 3.76. The van der Waals surface area contributed by atoms with Gasteiger partial charge in [-0.2, -0.15) is 0 Å². The third-order valence-corrected chi connectivity index (χ3v) is 2.14. The summed E-state index contributed by atoms with van der Waals surface area (Å²) in [5.41, 5.74) is 0.620. The van der Waals surface area contributed by atoms with Crippen LogP contribution in [-0.4, -0.2) is 15.9 Å². The zero-order valence-electron chi connectivity index (χ0n) is 9.69. The number of hydrogen-bond acceptors (Lipinski definition) is 2. The summed E-state index contributed by atoms with van der Waals surface area (Å²) in [5, 5.41) is 0. The van der Waals surface area contributed by atoms with Crippen LogP contribution < -0.4 is 4.74 Å². The second kappa shape index (κ2) is 5.48. The lowest BCUT2D eigenvalue weighted by atomic mass is 10.2. The first kappa shape index (κ1) is 13.0. The molecule has 6 heteroatoms. The molecular formula is C13H9F3N2O. The molecule has 0 fully saturated rings. The normalized spacial score (nSPS) is 10.7. The second-order valence-electron chi connectivity index (χ2n) is 3.61. The second-order valence-corrected chi connectivity index (χ2v) is 3.61. The third-order valence-electron chi connectivity index (χ3n) is 2.14. The molecule has 3 nitrogen and oxygen atoms in total. The summed E-state index contributed by atoms with van der Waals surface area (Å²) >= 11 is 0. The van der Waals surface area contributed by atoms with Gasteiger partial charge in [-0.3, -0.25) is 0 Å². The summed E-state index contributed by atoms with van der Waals surface area (Å²) < 4.78 is 41.4. The average molecular weight is 266 g/mol. The van der Waals surface area contributed by atoms with Gasteiger partial charge in [0.1, 0.15) is 5.75 Å². The molecule has 0 atom stereocenters. The number of ether oxygens (including phenoxy) is 1. The van der Waals surface area contributed by atoms with Crippen LogP contribution in [0.4, 0.5) is 13.2 Å². The van der Waals surface area contributed by atoms with Gasteiger partial charge in [0.05, 0.1) is 12.9 Å². The van der Waals surface area contributed by atoms with Gasteiger partial charge in [0.15, 0.2) is 0 Å². The lowest BCUT2D eigenvalue weighted by Crippen LogP contribution is -2.16. The van der Waals surface area contributed by atoms with Crippen LogP contribution in [0.3, 0.4) is 0 Å². The topological polar surface area (TPSA) is 27.1 Å². The summed E-state index contributed by atoms with van der Waals surface area (Å²) in [6, 6.07) is 5.41. The Hall–Kier alpha value is -2.42. The van der Waals surface area contributed by atoms with Crippen molar-refractivity contribution in [1.82, 2.24) is 9.55 Å². The number of benzene rings is 1. The Balaban J connectivity index is 1.97. The van der Waals surface area contributed by atoms with Gasteiger partial charge in [0, 0.05) is 18.0 Å². The highest BCUT2D eigenvalue weighted by atomic mass is 19.4. The first-order valence-corrected chi connectivity index (χ1v) is 5.33. The Bertz CT molecular complexity index is 577. The maximum atomic E-state index is 11.9. The van der Waals surface area contributed by atoms with Gasteiger partial charge in [0.25, 0.3) is 0 Å². The zero-order chi connectivity index (χ0) is 13.7. The maximum absolute atomic E-state index is 11.9. The van der Waals surface area contributed by atoms with E-state index in [9.17, 15) is 13.2 Å². The molecular weight excluding hydrogens is 257 g/mol. The van der Waals surface area contributed by atoms with Crippen molar-refractivity contribution in [2.75, 3.05) is 0 Å². The van der Waals surface area contributed by atoms with Crippen molar-refractivity contribution in [2.45, 2.75) is 12.9 Å². The predicted octanol–water partition coefficient (Wildman–Crippen LogP) is 2.83. The number of aromatic nitrogens is 2. The number of hydrogen-bond donors (Lipinski definition) is 0. The SMILES string of the molecule is FC(F)(F)Oc1ccc(C#CCn2ccnc2)cc1. The minimum absolute atomic E-state index is 0.257. The van der Waals surface area contributed by atoms with E-state index in [-0.39, 0.29) is 5.75 Å². The molecule has 0 aliphatic carbocycles. The van der Waals surface area contributed by atoms with Gasteiger partial charge in [-0.1, -0.05) is 11.8 Å². The predicted molar refractivity (Wildman–Crippen MR) is 62.2 cm³/mol. The highest BCUT2D eigenvalue weighted by Crippen LogP contribution is 2.22. The summed E-state index contributed by atoms with van der Waals surface area (Å²) in [4.78, 5) is 3.87. The standard InChI is InChI=1S/C13H9F3N2O/c14-13(15,16)19-12-5-3-11(4-6-12)2-1-8-18-9-7-17-10-18/h3-7,9-10H,8H2. The Morgan fingerprint density at radius 1 is 1.21 bits per heavy atom. The van der Waals surface area contributed by atoms with Crippen LogP contribution >= 0.6 is 0 Å². The molecule has 19 heavy (non-hydrogen) atoms. The summed E-state index contributed by atoms with van der Waals surface area (Å²) in [7, 11) is 0. The van der Waals surface area contributed by atoms with E-state index in [0.717, 1.165) is 0 Å².